The number of benzene rings is 1. The van der Waals surface area contributed by atoms with Crippen molar-refractivity contribution in [3.05, 3.63) is 35.9 Å². The standard InChI is InChI=1S/C17H20F2O2/c18-16-14(20-10-1-2-12-3-4-12)7-8-15(17(16)19)21-11-9-13-5-6-13/h1-2,7-8,12-13H,3-6,9-11H2/b2-1+. The largest absolute Gasteiger partial charge is 0.490 e. The van der Waals surface area contributed by atoms with E-state index in [-0.39, 0.29) is 18.1 Å². The third-order valence-corrected chi connectivity index (χ3v) is 3.86. The Labute approximate surface area is 123 Å². The van der Waals surface area contributed by atoms with E-state index in [4.69, 9.17) is 9.47 Å². The van der Waals surface area contributed by atoms with Gasteiger partial charge in [-0.05, 0) is 43.2 Å². The van der Waals surface area contributed by atoms with Gasteiger partial charge in [-0.15, -0.1) is 0 Å². The Morgan fingerprint density at radius 3 is 2.29 bits per heavy atom. The molecular weight excluding hydrogens is 274 g/mol. The first-order valence-corrected chi connectivity index (χ1v) is 7.64. The van der Waals surface area contributed by atoms with E-state index in [1.807, 2.05) is 6.08 Å². The number of ether oxygens (including phenoxy) is 2. The molecule has 0 bridgehead atoms. The molecule has 0 N–H and O–H groups in total. The fraction of sp³-hybridized carbons (Fsp3) is 0.529. The molecule has 2 aliphatic rings. The summed E-state index contributed by atoms with van der Waals surface area (Å²) >= 11 is 0. The average molecular weight is 294 g/mol. The molecule has 21 heavy (non-hydrogen) atoms. The molecule has 1 aromatic rings. The number of hydrogen-bond donors (Lipinski definition) is 0. The molecule has 0 heterocycles. The maximum atomic E-state index is 13.9. The lowest BCUT2D eigenvalue weighted by Gasteiger charge is -2.10. The smallest absolute Gasteiger partial charge is 0.204 e. The minimum atomic E-state index is -0.973. The molecule has 2 fully saturated rings. The fourth-order valence-corrected chi connectivity index (χ4v) is 2.15. The molecule has 0 radical (unpaired) electrons. The topological polar surface area (TPSA) is 18.5 Å². The molecule has 0 aromatic heterocycles. The Balaban J connectivity index is 1.52. The van der Waals surface area contributed by atoms with Crippen LogP contribution in [0.15, 0.2) is 24.3 Å². The number of allylic oxidation sites excluding steroid dienone is 1. The van der Waals surface area contributed by atoms with Gasteiger partial charge in [-0.3, -0.25) is 0 Å². The number of rotatable bonds is 8. The summed E-state index contributed by atoms with van der Waals surface area (Å²) in [7, 11) is 0. The molecule has 3 rings (SSSR count). The van der Waals surface area contributed by atoms with Crippen LogP contribution in [0.1, 0.15) is 32.1 Å². The van der Waals surface area contributed by atoms with Gasteiger partial charge >= 0.3 is 0 Å². The van der Waals surface area contributed by atoms with Crippen LogP contribution in [0.25, 0.3) is 0 Å². The van der Waals surface area contributed by atoms with Crippen molar-refractivity contribution < 1.29 is 18.3 Å². The lowest BCUT2D eigenvalue weighted by atomic mass is 10.3. The fourth-order valence-electron chi connectivity index (χ4n) is 2.15. The van der Waals surface area contributed by atoms with Crippen LogP contribution in [0.3, 0.4) is 0 Å². The van der Waals surface area contributed by atoms with E-state index in [1.54, 1.807) is 0 Å². The highest BCUT2D eigenvalue weighted by atomic mass is 19.2. The molecule has 1 aromatic carbocycles. The average Bonchev–Trinajstić information content (AvgIpc) is 3.35. The van der Waals surface area contributed by atoms with Crippen LogP contribution < -0.4 is 9.47 Å². The van der Waals surface area contributed by atoms with Crippen molar-refractivity contribution in [2.75, 3.05) is 13.2 Å². The molecule has 114 valence electrons. The first-order valence-electron chi connectivity index (χ1n) is 7.64. The third-order valence-electron chi connectivity index (χ3n) is 3.86. The molecular formula is C17H20F2O2. The Morgan fingerprint density at radius 1 is 1.00 bits per heavy atom. The summed E-state index contributed by atoms with van der Waals surface area (Å²) in [6, 6.07) is 2.86. The molecule has 0 amide bonds. The molecule has 0 aliphatic heterocycles. The van der Waals surface area contributed by atoms with Gasteiger partial charge in [0.05, 0.1) is 6.61 Å². The van der Waals surface area contributed by atoms with Gasteiger partial charge in [0.1, 0.15) is 6.61 Å². The van der Waals surface area contributed by atoms with Gasteiger partial charge in [0.2, 0.25) is 11.6 Å². The predicted octanol–water partition coefficient (Wildman–Crippen LogP) is 4.49. The first-order chi connectivity index (χ1) is 10.2. The summed E-state index contributed by atoms with van der Waals surface area (Å²) in [6.07, 6.45) is 9.70. The normalized spacial score (nSPS) is 18.2. The lowest BCUT2D eigenvalue weighted by Crippen LogP contribution is -2.03. The van der Waals surface area contributed by atoms with E-state index in [0.29, 0.717) is 18.4 Å². The minimum absolute atomic E-state index is 0.0333. The summed E-state index contributed by atoms with van der Waals surface area (Å²) in [6.45, 7) is 0.695. The Bertz CT molecular complexity index is 520. The van der Waals surface area contributed by atoms with Gasteiger partial charge in [0.15, 0.2) is 11.5 Å². The highest BCUT2D eigenvalue weighted by Crippen LogP contribution is 2.33. The van der Waals surface area contributed by atoms with Gasteiger partial charge in [-0.2, -0.15) is 8.78 Å². The quantitative estimate of drug-likeness (QED) is 0.658. The van der Waals surface area contributed by atoms with E-state index in [2.05, 4.69) is 6.08 Å². The second-order valence-corrected chi connectivity index (χ2v) is 5.85. The molecule has 2 saturated carbocycles. The molecule has 0 atom stereocenters. The van der Waals surface area contributed by atoms with E-state index >= 15 is 0 Å². The molecule has 0 spiro atoms. The van der Waals surface area contributed by atoms with Crippen molar-refractivity contribution in [1.82, 2.24) is 0 Å². The van der Waals surface area contributed by atoms with E-state index in [9.17, 15) is 8.78 Å². The number of halogens is 2. The molecule has 2 aliphatic carbocycles. The summed E-state index contributed by atoms with van der Waals surface area (Å²) in [5.41, 5.74) is 0. The molecule has 4 heteroatoms. The van der Waals surface area contributed by atoms with Crippen LogP contribution in [0.5, 0.6) is 11.5 Å². The minimum Gasteiger partial charge on any atom is -0.490 e. The maximum Gasteiger partial charge on any atom is 0.204 e. The van der Waals surface area contributed by atoms with Crippen LogP contribution >= 0.6 is 0 Å². The van der Waals surface area contributed by atoms with Crippen molar-refractivity contribution in [2.24, 2.45) is 11.8 Å². The monoisotopic (exact) mass is 294 g/mol. The van der Waals surface area contributed by atoms with Crippen LogP contribution in [-0.2, 0) is 0 Å². The Morgan fingerprint density at radius 2 is 1.67 bits per heavy atom. The molecule has 0 saturated heterocycles. The summed E-state index contributed by atoms with van der Waals surface area (Å²) < 4.78 is 38.3. The van der Waals surface area contributed by atoms with Gasteiger partial charge in [-0.1, -0.05) is 25.0 Å². The first kappa shape index (κ1) is 14.4. The van der Waals surface area contributed by atoms with Gasteiger partial charge in [0.25, 0.3) is 0 Å². The van der Waals surface area contributed by atoms with Crippen molar-refractivity contribution in [3.63, 3.8) is 0 Å². The SMILES string of the molecule is Fc1c(OC/C=C/C2CC2)ccc(OCCC2CC2)c1F. The zero-order chi connectivity index (χ0) is 14.7. The van der Waals surface area contributed by atoms with Crippen molar-refractivity contribution in [3.8, 4) is 11.5 Å². The zero-order valence-corrected chi connectivity index (χ0v) is 12.0. The van der Waals surface area contributed by atoms with Crippen molar-refractivity contribution >= 4 is 0 Å². The van der Waals surface area contributed by atoms with Crippen molar-refractivity contribution in [2.45, 2.75) is 32.1 Å². The Hall–Kier alpha value is -1.58. The summed E-state index contributed by atoms with van der Waals surface area (Å²) in [5.74, 6) is -0.680. The maximum absolute atomic E-state index is 13.9. The molecule has 0 unspecified atom stereocenters. The predicted molar refractivity (Wildman–Crippen MR) is 76.6 cm³/mol. The third kappa shape index (κ3) is 4.19. The van der Waals surface area contributed by atoms with Gasteiger partial charge < -0.3 is 9.47 Å². The van der Waals surface area contributed by atoms with E-state index < -0.39 is 11.6 Å². The van der Waals surface area contributed by atoms with Crippen LogP contribution in [0.2, 0.25) is 0 Å². The highest BCUT2D eigenvalue weighted by Gasteiger charge is 2.22. The van der Waals surface area contributed by atoms with Crippen LogP contribution in [0.4, 0.5) is 8.78 Å². The van der Waals surface area contributed by atoms with Gasteiger partial charge in [0, 0.05) is 0 Å². The Kier molecular flexibility index (Phi) is 4.42. The van der Waals surface area contributed by atoms with E-state index in [0.717, 1.165) is 6.42 Å². The zero-order valence-electron chi connectivity index (χ0n) is 12.0. The summed E-state index contributed by atoms with van der Waals surface area (Å²) in [5, 5.41) is 0. The summed E-state index contributed by atoms with van der Waals surface area (Å²) in [4.78, 5) is 0. The van der Waals surface area contributed by atoms with Crippen LogP contribution in [0, 0.1) is 23.5 Å². The lowest BCUT2D eigenvalue weighted by molar-refractivity contribution is 0.276. The van der Waals surface area contributed by atoms with Crippen LogP contribution in [-0.4, -0.2) is 13.2 Å². The van der Waals surface area contributed by atoms with Gasteiger partial charge in [-0.25, -0.2) is 0 Å². The van der Waals surface area contributed by atoms with E-state index in [1.165, 1.54) is 37.8 Å². The van der Waals surface area contributed by atoms with Crippen molar-refractivity contribution in [1.29, 1.82) is 0 Å². The second-order valence-electron chi connectivity index (χ2n) is 5.85. The highest BCUT2D eigenvalue weighted by molar-refractivity contribution is 5.35. The second kappa shape index (κ2) is 6.46. The molecule has 2 nitrogen and oxygen atoms in total. The number of hydrogen-bond acceptors (Lipinski definition) is 2.